The van der Waals surface area contributed by atoms with Crippen molar-refractivity contribution in [3.63, 3.8) is 0 Å². The molecule has 3 aromatic carbocycles. The Bertz CT molecular complexity index is 1880. The van der Waals surface area contributed by atoms with Crippen LogP contribution in [0.5, 0.6) is 5.75 Å². The lowest BCUT2D eigenvalue weighted by Gasteiger charge is -2.24. The van der Waals surface area contributed by atoms with Gasteiger partial charge in [-0.2, -0.15) is 5.10 Å². The Morgan fingerprint density at radius 3 is 2.20 bits per heavy atom. The fourth-order valence-corrected chi connectivity index (χ4v) is 5.31. The number of aliphatic hydroxyl groups is 1. The van der Waals surface area contributed by atoms with E-state index in [1.54, 1.807) is 45.2 Å². The Hall–Kier alpha value is -5.41. The van der Waals surface area contributed by atoms with Gasteiger partial charge >= 0.3 is 6.09 Å². The first-order chi connectivity index (χ1) is 23.8. The van der Waals surface area contributed by atoms with Crippen LogP contribution in [-0.2, 0) is 9.47 Å². The molecular formula is C35H37F2N5O8. The average Bonchev–Trinajstić information content (AvgIpc) is 3.72. The molecule has 50 heavy (non-hydrogen) atoms. The van der Waals surface area contributed by atoms with E-state index in [0.717, 1.165) is 17.5 Å². The second-order valence-corrected chi connectivity index (χ2v) is 12.5. The highest BCUT2D eigenvalue weighted by molar-refractivity contribution is 6.11. The lowest BCUT2D eigenvalue weighted by Crippen LogP contribution is -2.51. The largest absolute Gasteiger partial charge is 0.490 e. The monoisotopic (exact) mass is 693 g/mol. The van der Waals surface area contributed by atoms with Crippen LogP contribution in [0.2, 0.25) is 0 Å². The van der Waals surface area contributed by atoms with Crippen molar-refractivity contribution in [3.8, 4) is 5.75 Å². The number of carbonyl (C=O) groups excluding carboxylic acids is 4. The maximum atomic E-state index is 14.9. The number of ether oxygens (including phenoxy) is 3. The molecule has 15 heteroatoms. The molecular weight excluding hydrogens is 656 g/mol. The smallest absolute Gasteiger partial charge is 0.410 e. The molecule has 4 N–H and O–H groups in total. The van der Waals surface area contributed by atoms with Gasteiger partial charge in [-0.3, -0.25) is 19.5 Å². The number of aromatic amines is 1. The Balaban J connectivity index is 1.30. The third kappa shape index (κ3) is 8.59. The molecule has 0 bridgehead atoms. The van der Waals surface area contributed by atoms with Crippen LogP contribution in [0.15, 0.2) is 60.8 Å². The number of carbonyl (C=O) groups is 4. The van der Waals surface area contributed by atoms with Crippen molar-refractivity contribution in [2.24, 2.45) is 0 Å². The summed E-state index contributed by atoms with van der Waals surface area (Å²) in [5, 5.41) is 22.2. The quantitative estimate of drug-likeness (QED) is 0.128. The van der Waals surface area contributed by atoms with Crippen molar-refractivity contribution in [3.05, 3.63) is 94.7 Å². The van der Waals surface area contributed by atoms with Crippen molar-refractivity contribution in [2.75, 3.05) is 39.5 Å². The van der Waals surface area contributed by atoms with Crippen LogP contribution in [0.4, 0.5) is 13.6 Å². The molecule has 0 aliphatic carbocycles. The summed E-state index contributed by atoms with van der Waals surface area (Å²) in [4.78, 5) is 54.3. The number of likely N-dealkylation sites (tertiary alicyclic amines) is 1. The Morgan fingerprint density at radius 2 is 1.54 bits per heavy atom. The number of aromatic nitrogens is 2. The Labute approximate surface area is 285 Å². The number of nitrogens with zero attached hydrogens (tertiary/aromatic N) is 2. The molecule has 5 rings (SSSR count). The Morgan fingerprint density at radius 1 is 0.900 bits per heavy atom. The van der Waals surface area contributed by atoms with Gasteiger partial charge in [-0.25, -0.2) is 13.6 Å². The lowest BCUT2D eigenvalue weighted by molar-refractivity contribution is 0.0286. The molecule has 1 aliphatic rings. The Kier molecular flexibility index (Phi) is 11.1. The lowest BCUT2D eigenvalue weighted by atomic mass is 10.00. The van der Waals surface area contributed by atoms with Crippen LogP contribution in [-0.4, -0.2) is 101 Å². The summed E-state index contributed by atoms with van der Waals surface area (Å²) < 4.78 is 45.1. The third-order valence-corrected chi connectivity index (χ3v) is 7.72. The van der Waals surface area contributed by atoms with Gasteiger partial charge in [0.1, 0.15) is 23.5 Å². The normalized spacial score (nSPS) is 15.9. The van der Waals surface area contributed by atoms with Crippen LogP contribution in [0.3, 0.4) is 0 Å². The van der Waals surface area contributed by atoms with Crippen LogP contribution >= 0.6 is 0 Å². The van der Waals surface area contributed by atoms with Crippen molar-refractivity contribution in [2.45, 2.75) is 38.5 Å². The SMILES string of the molecule is CC(C)(C)OC(=O)N1C[C@@H](NC(=O)c2ccc(C(=O)c3c(OCCOCCO)ccc(F)c3F)cc2)[C@H](NC(=O)c2ccc3cn[nH]c3c2)C1. The number of aliphatic hydroxyl groups excluding tert-OH is 1. The highest BCUT2D eigenvalue weighted by atomic mass is 19.2. The van der Waals surface area contributed by atoms with Gasteiger partial charge in [0.15, 0.2) is 17.4 Å². The molecule has 0 spiro atoms. The molecule has 1 saturated heterocycles. The van der Waals surface area contributed by atoms with E-state index in [9.17, 15) is 28.0 Å². The minimum atomic E-state index is -1.39. The highest BCUT2D eigenvalue weighted by Crippen LogP contribution is 2.27. The first-order valence-electron chi connectivity index (χ1n) is 15.8. The number of H-pyrrole nitrogens is 1. The summed E-state index contributed by atoms with van der Waals surface area (Å²) in [5.41, 5.74) is -0.290. The summed E-state index contributed by atoms with van der Waals surface area (Å²) >= 11 is 0. The molecule has 1 aromatic heterocycles. The van der Waals surface area contributed by atoms with Gasteiger partial charge in [0.05, 0.1) is 43.6 Å². The fourth-order valence-electron chi connectivity index (χ4n) is 5.31. The van der Waals surface area contributed by atoms with E-state index < -0.39 is 58.6 Å². The molecule has 2 heterocycles. The summed E-state index contributed by atoms with van der Waals surface area (Å²) in [6, 6.07) is 10.9. The summed E-state index contributed by atoms with van der Waals surface area (Å²) in [5.74, 6) is -4.70. The molecule has 0 saturated carbocycles. The molecule has 2 atom stereocenters. The molecule has 264 valence electrons. The van der Waals surface area contributed by atoms with E-state index >= 15 is 0 Å². The summed E-state index contributed by atoms with van der Waals surface area (Å²) in [6.07, 6.45) is 1.02. The number of hydrogen-bond acceptors (Lipinski definition) is 9. The summed E-state index contributed by atoms with van der Waals surface area (Å²) in [7, 11) is 0. The van der Waals surface area contributed by atoms with E-state index in [4.69, 9.17) is 19.3 Å². The van der Waals surface area contributed by atoms with Crippen molar-refractivity contribution >= 4 is 34.6 Å². The van der Waals surface area contributed by atoms with Gasteiger partial charge in [0, 0.05) is 35.2 Å². The fraction of sp³-hybridized carbons (Fsp3) is 0.343. The number of fused-ring (bicyclic) bond motifs is 1. The third-order valence-electron chi connectivity index (χ3n) is 7.72. The van der Waals surface area contributed by atoms with Crippen LogP contribution in [0.1, 0.15) is 57.4 Å². The van der Waals surface area contributed by atoms with E-state index in [-0.39, 0.29) is 56.4 Å². The number of benzene rings is 3. The predicted molar refractivity (Wildman–Crippen MR) is 176 cm³/mol. The summed E-state index contributed by atoms with van der Waals surface area (Å²) in [6.45, 7) is 5.10. The van der Waals surface area contributed by atoms with Crippen molar-refractivity contribution < 1.29 is 47.3 Å². The molecule has 13 nitrogen and oxygen atoms in total. The topological polar surface area (TPSA) is 172 Å². The van der Waals surface area contributed by atoms with E-state index in [1.165, 1.54) is 29.2 Å². The standard InChI is InChI=1S/C35H37F2N5O8/c1-35(2,3)50-34(47)42-18-26(27(19-42)40-33(46)22-8-9-23-17-38-41-25(23)16-22)39-32(45)21-6-4-20(5-7-21)31(44)29-28(11-10-24(36)30(29)37)49-15-14-48-13-12-43/h4-11,16-17,26-27,43H,12-15,18-19H2,1-3H3,(H,38,41)(H,39,45)(H,40,46)/t26-,27-/m1/s1. The van der Waals surface area contributed by atoms with E-state index in [2.05, 4.69) is 20.8 Å². The maximum absolute atomic E-state index is 14.9. The number of rotatable bonds is 12. The van der Waals surface area contributed by atoms with Gasteiger partial charge in [-0.1, -0.05) is 18.2 Å². The molecule has 0 radical (unpaired) electrons. The first-order valence-corrected chi connectivity index (χ1v) is 15.8. The zero-order valence-corrected chi connectivity index (χ0v) is 27.6. The van der Waals surface area contributed by atoms with Crippen molar-refractivity contribution in [1.29, 1.82) is 0 Å². The number of ketones is 1. The zero-order chi connectivity index (χ0) is 36.0. The number of nitrogens with one attached hydrogen (secondary N) is 3. The van der Waals surface area contributed by atoms with Gasteiger partial charge in [-0.15, -0.1) is 0 Å². The van der Waals surface area contributed by atoms with E-state index in [0.29, 0.717) is 11.1 Å². The highest BCUT2D eigenvalue weighted by Gasteiger charge is 2.39. The second kappa shape index (κ2) is 15.4. The van der Waals surface area contributed by atoms with Crippen LogP contribution in [0, 0.1) is 11.6 Å². The van der Waals surface area contributed by atoms with Gasteiger partial charge < -0.3 is 34.9 Å². The second-order valence-electron chi connectivity index (χ2n) is 12.5. The molecule has 1 fully saturated rings. The maximum Gasteiger partial charge on any atom is 0.410 e. The van der Waals surface area contributed by atoms with Gasteiger partial charge in [-0.05, 0) is 57.2 Å². The van der Waals surface area contributed by atoms with Crippen LogP contribution < -0.4 is 15.4 Å². The number of halogens is 2. The van der Waals surface area contributed by atoms with Crippen LogP contribution in [0.25, 0.3) is 10.9 Å². The number of amides is 3. The zero-order valence-electron chi connectivity index (χ0n) is 27.6. The minimum Gasteiger partial charge on any atom is -0.490 e. The van der Waals surface area contributed by atoms with E-state index in [1.807, 2.05) is 0 Å². The van der Waals surface area contributed by atoms with Gasteiger partial charge in [0.25, 0.3) is 11.8 Å². The number of hydrogen-bond donors (Lipinski definition) is 4. The minimum absolute atomic E-state index is 0.0361. The predicted octanol–water partition coefficient (Wildman–Crippen LogP) is 3.61. The molecule has 1 aliphatic heterocycles. The first kappa shape index (κ1) is 35.9. The molecule has 3 amide bonds. The average molecular weight is 694 g/mol. The molecule has 4 aromatic rings. The van der Waals surface area contributed by atoms with Gasteiger partial charge in [0.2, 0.25) is 0 Å². The molecule has 0 unspecified atom stereocenters. The van der Waals surface area contributed by atoms with Crippen molar-refractivity contribution in [1.82, 2.24) is 25.7 Å².